The van der Waals surface area contributed by atoms with Crippen molar-refractivity contribution >= 4 is 28.3 Å². The van der Waals surface area contributed by atoms with Gasteiger partial charge in [0.15, 0.2) is 0 Å². The molecule has 3 aromatic heterocycles. The third-order valence-electron chi connectivity index (χ3n) is 7.69. The first kappa shape index (κ1) is 26.8. The molecule has 0 spiro atoms. The van der Waals surface area contributed by atoms with Gasteiger partial charge in [0, 0.05) is 55.4 Å². The Balaban J connectivity index is 1.51. The Labute approximate surface area is 232 Å². The van der Waals surface area contributed by atoms with Crippen molar-refractivity contribution in [2.45, 2.75) is 45.3 Å². The molecule has 0 amide bonds. The molecule has 0 aliphatic carbocycles. The van der Waals surface area contributed by atoms with Crippen LogP contribution in [0.4, 0.5) is 10.1 Å². The summed E-state index contributed by atoms with van der Waals surface area (Å²) in [4.78, 5) is 26.7. The lowest BCUT2D eigenvalue weighted by Gasteiger charge is -2.47. The number of benzene rings is 1. The van der Waals surface area contributed by atoms with Crippen LogP contribution >= 0.6 is 11.6 Å². The van der Waals surface area contributed by atoms with Gasteiger partial charge in [-0.05, 0) is 48.7 Å². The molecule has 0 unspecified atom stereocenters. The predicted molar refractivity (Wildman–Crippen MR) is 152 cm³/mol. The van der Waals surface area contributed by atoms with Gasteiger partial charge in [-0.3, -0.25) is 14.7 Å². The number of rotatable bonds is 6. The van der Waals surface area contributed by atoms with E-state index in [4.69, 9.17) is 11.6 Å². The Morgan fingerprint density at radius 1 is 1.08 bits per heavy atom. The fourth-order valence-corrected chi connectivity index (χ4v) is 5.62. The Morgan fingerprint density at radius 3 is 2.51 bits per heavy atom. The summed E-state index contributed by atoms with van der Waals surface area (Å²) in [5.41, 5.74) is 4.74. The molecule has 0 radical (unpaired) electrons. The molecule has 1 aliphatic rings. The molecule has 4 aromatic rings. The molecule has 1 fully saturated rings. The highest BCUT2D eigenvalue weighted by molar-refractivity contribution is 6.30. The third kappa shape index (κ3) is 5.25. The summed E-state index contributed by atoms with van der Waals surface area (Å²) in [6.45, 7) is 6.27. The number of pyridine rings is 3. The minimum atomic E-state index is -0.381. The predicted octanol–water partition coefficient (Wildman–Crippen LogP) is 5.54. The summed E-state index contributed by atoms with van der Waals surface area (Å²) in [7, 11) is 1.72. The van der Waals surface area contributed by atoms with E-state index in [1.807, 2.05) is 12.1 Å². The zero-order valence-electron chi connectivity index (χ0n) is 22.2. The van der Waals surface area contributed by atoms with E-state index in [0.29, 0.717) is 34.8 Å². The van der Waals surface area contributed by atoms with Crippen LogP contribution < -0.4 is 10.5 Å². The number of nitriles is 1. The van der Waals surface area contributed by atoms with Crippen LogP contribution in [0, 0.1) is 17.1 Å². The second-order valence-corrected chi connectivity index (χ2v) is 10.4. The van der Waals surface area contributed by atoms with Gasteiger partial charge in [0.05, 0.1) is 23.1 Å². The molecule has 7 nitrogen and oxygen atoms in total. The number of anilines is 1. The standard InChI is InChI=1S/C30H30ClFN6O/c1-4-23-17-38(28-13-29(39)36(3)27-11-10-22(14-33)35-30(27)28)24(5-2)16-37(23)18-26-25(12-21(32)15-34-26)19-6-8-20(31)9-7-19/h6-13,15,23-24H,4-5,16-18H2,1-3H3/t23-,24+/m1/s1. The lowest BCUT2D eigenvalue weighted by molar-refractivity contribution is 0.135. The van der Waals surface area contributed by atoms with Crippen molar-refractivity contribution in [2.75, 3.05) is 18.0 Å². The van der Waals surface area contributed by atoms with Crippen molar-refractivity contribution in [3.63, 3.8) is 0 Å². The molecule has 200 valence electrons. The van der Waals surface area contributed by atoms with E-state index in [1.54, 1.807) is 41.9 Å². The first-order chi connectivity index (χ1) is 18.8. The number of hydrogen-bond acceptors (Lipinski definition) is 6. The maximum atomic E-state index is 14.3. The second kappa shape index (κ2) is 11.1. The smallest absolute Gasteiger partial charge is 0.252 e. The van der Waals surface area contributed by atoms with Gasteiger partial charge in [-0.1, -0.05) is 37.6 Å². The van der Waals surface area contributed by atoms with E-state index >= 15 is 0 Å². The first-order valence-corrected chi connectivity index (χ1v) is 13.5. The lowest BCUT2D eigenvalue weighted by atomic mass is 9.98. The number of fused-ring (bicyclic) bond motifs is 1. The van der Waals surface area contributed by atoms with Crippen molar-refractivity contribution in [3.05, 3.63) is 87.3 Å². The zero-order chi connectivity index (χ0) is 27.7. The minimum absolute atomic E-state index is 0.107. The Bertz CT molecular complexity index is 1610. The molecule has 1 saturated heterocycles. The third-order valence-corrected chi connectivity index (χ3v) is 7.94. The van der Waals surface area contributed by atoms with Crippen molar-refractivity contribution in [3.8, 4) is 17.2 Å². The maximum Gasteiger partial charge on any atom is 0.252 e. The number of halogens is 2. The van der Waals surface area contributed by atoms with Crippen LogP contribution in [0.25, 0.3) is 22.2 Å². The summed E-state index contributed by atoms with van der Waals surface area (Å²) in [5, 5.41) is 10.1. The van der Waals surface area contributed by atoms with Crippen LogP contribution in [0.1, 0.15) is 38.1 Å². The number of nitrogens with zero attached hydrogens (tertiary/aromatic N) is 6. The monoisotopic (exact) mass is 544 g/mol. The van der Waals surface area contributed by atoms with Crippen LogP contribution in [-0.2, 0) is 13.6 Å². The fraction of sp³-hybridized carbons (Fsp3) is 0.333. The quantitative estimate of drug-likeness (QED) is 0.317. The highest BCUT2D eigenvalue weighted by atomic mass is 35.5. The molecule has 2 atom stereocenters. The molecule has 4 heterocycles. The molecule has 0 saturated carbocycles. The maximum absolute atomic E-state index is 14.3. The average Bonchev–Trinajstić information content (AvgIpc) is 2.95. The van der Waals surface area contributed by atoms with E-state index in [9.17, 15) is 14.4 Å². The molecule has 1 aromatic carbocycles. The van der Waals surface area contributed by atoms with E-state index in [2.05, 4.69) is 39.7 Å². The van der Waals surface area contributed by atoms with Gasteiger partial charge in [0.25, 0.3) is 5.56 Å². The van der Waals surface area contributed by atoms with Crippen LogP contribution in [0.2, 0.25) is 5.02 Å². The molecule has 5 rings (SSSR count). The molecule has 9 heteroatoms. The van der Waals surface area contributed by atoms with Gasteiger partial charge in [-0.2, -0.15) is 5.26 Å². The second-order valence-electron chi connectivity index (χ2n) is 9.96. The van der Waals surface area contributed by atoms with E-state index in [1.165, 1.54) is 12.3 Å². The largest absolute Gasteiger partial charge is 0.364 e. The normalized spacial score (nSPS) is 17.9. The number of aromatic nitrogens is 3. The van der Waals surface area contributed by atoms with Crippen LogP contribution in [0.15, 0.2) is 59.5 Å². The summed E-state index contributed by atoms with van der Waals surface area (Å²) >= 11 is 6.09. The summed E-state index contributed by atoms with van der Waals surface area (Å²) in [6.07, 6.45) is 3.00. The minimum Gasteiger partial charge on any atom is -0.364 e. The molecular weight excluding hydrogens is 515 g/mol. The fourth-order valence-electron chi connectivity index (χ4n) is 5.49. The van der Waals surface area contributed by atoms with Crippen LogP contribution in [0.5, 0.6) is 0 Å². The Hall–Kier alpha value is -3.80. The summed E-state index contributed by atoms with van der Waals surface area (Å²) < 4.78 is 15.8. The van der Waals surface area contributed by atoms with Crippen molar-refractivity contribution in [1.82, 2.24) is 19.4 Å². The SMILES string of the molecule is CC[C@@H]1CN(c2cc(=O)n(C)c3ccc(C#N)nc23)[C@@H](CC)CN1Cc1ncc(F)cc1-c1ccc(Cl)cc1. The molecule has 0 bridgehead atoms. The van der Waals surface area contributed by atoms with Gasteiger partial charge < -0.3 is 9.47 Å². The van der Waals surface area contributed by atoms with Crippen LogP contribution in [0.3, 0.4) is 0 Å². The molecule has 0 N–H and O–H groups in total. The molecular formula is C30H30ClFN6O. The number of aryl methyl sites for hydroxylation is 1. The highest BCUT2D eigenvalue weighted by Crippen LogP contribution is 2.32. The number of piperazine rings is 1. The van der Waals surface area contributed by atoms with Gasteiger partial charge in [-0.15, -0.1) is 0 Å². The number of hydrogen-bond donors (Lipinski definition) is 0. The molecule has 1 aliphatic heterocycles. The average molecular weight is 545 g/mol. The summed E-state index contributed by atoms with van der Waals surface area (Å²) in [6, 6.07) is 16.4. The van der Waals surface area contributed by atoms with E-state index in [0.717, 1.165) is 41.9 Å². The van der Waals surface area contributed by atoms with E-state index < -0.39 is 0 Å². The van der Waals surface area contributed by atoms with E-state index in [-0.39, 0.29) is 23.5 Å². The molecule has 39 heavy (non-hydrogen) atoms. The topological polar surface area (TPSA) is 78.0 Å². The lowest BCUT2D eigenvalue weighted by Crippen LogP contribution is -2.58. The first-order valence-electron chi connectivity index (χ1n) is 13.1. The summed E-state index contributed by atoms with van der Waals surface area (Å²) in [5.74, 6) is -0.381. The van der Waals surface area contributed by atoms with Gasteiger partial charge in [0.1, 0.15) is 23.1 Å². The van der Waals surface area contributed by atoms with Crippen LogP contribution in [-0.4, -0.2) is 44.6 Å². The van der Waals surface area contributed by atoms with Gasteiger partial charge in [-0.25, -0.2) is 9.37 Å². The van der Waals surface area contributed by atoms with Crippen molar-refractivity contribution in [2.24, 2.45) is 7.05 Å². The Morgan fingerprint density at radius 2 is 1.82 bits per heavy atom. The van der Waals surface area contributed by atoms with Gasteiger partial charge in [0.2, 0.25) is 0 Å². The zero-order valence-corrected chi connectivity index (χ0v) is 23.0. The Kier molecular flexibility index (Phi) is 7.65. The van der Waals surface area contributed by atoms with Crippen molar-refractivity contribution in [1.29, 1.82) is 5.26 Å². The van der Waals surface area contributed by atoms with Crippen molar-refractivity contribution < 1.29 is 4.39 Å². The van der Waals surface area contributed by atoms with Gasteiger partial charge >= 0.3 is 0 Å². The highest BCUT2D eigenvalue weighted by Gasteiger charge is 2.34.